The molecule has 1 aromatic rings. The maximum atomic E-state index is 14.2. The van der Waals surface area contributed by atoms with Gasteiger partial charge in [-0.25, -0.2) is 0 Å². The standard InChI is InChI=1S/C15H21F2NO/c16-15(17,13-6-2-1-3-7-13)12-18(10-5-11-19)14-8-4-9-14/h1-3,6-7,14,19H,4-5,8-12H2. The molecule has 0 atom stereocenters. The summed E-state index contributed by atoms with van der Waals surface area (Å²) in [6.07, 6.45) is 3.67. The first-order valence-electron chi connectivity index (χ1n) is 6.92. The second kappa shape index (κ2) is 6.44. The van der Waals surface area contributed by atoms with Crippen LogP contribution in [-0.2, 0) is 5.92 Å². The summed E-state index contributed by atoms with van der Waals surface area (Å²) in [4.78, 5) is 1.84. The Morgan fingerprint density at radius 3 is 2.42 bits per heavy atom. The summed E-state index contributed by atoms with van der Waals surface area (Å²) in [7, 11) is 0. The number of nitrogens with zero attached hydrogens (tertiary/aromatic N) is 1. The van der Waals surface area contributed by atoms with E-state index < -0.39 is 5.92 Å². The third-order valence-electron chi connectivity index (χ3n) is 3.79. The Hall–Kier alpha value is -1.00. The average Bonchev–Trinajstić information content (AvgIpc) is 2.34. The lowest BCUT2D eigenvalue weighted by Crippen LogP contribution is -2.46. The molecule has 0 unspecified atom stereocenters. The van der Waals surface area contributed by atoms with Crippen LogP contribution in [0.3, 0.4) is 0 Å². The molecule has 1 aliphatic carbocycles. The minimum absolute atomic E-state index is 0.0557. The molecule has 0 heterocycles. The minimum Gasteiger partial charge on any atom is -0.396 e. The first-order valence-corrected chi connectivity index (χ1v) is 6.92. The van der Waals surface area contributed by atoms with E-state index in [1.54, 1.807) is 18.2 Å². The van der Waals surface area contributed by atoms with Gasteiger partial charge in [0.25, 0.3) is 5.92 Å². The van der Waals surface area contributed by atoms with Gasteiger partial charge in [-0.15, -0.1) is 0 Å². The predicted molar refractivity (Wildman–Crippen MR) is 71.3 cm³/mol. The van der Waals surface area contributed by atoms with Crippen LogP contribution in [0.5, 0.6) is 0 Å². The molecule has 0 aliphatic heterocycles. The molecule has 2 rings (SSSR count). The second-order valence-corrected chi connectivity index (χ2v) is 5.20. The molecule has 1 fully saturated rings. The van der Waals surface area contributed by atoms with Crippen LogP contribution in [0.1, 0.15) is 31.2 Å². The lowest BCUT2D eigenvalue weighted by molar-refractivity contribution is -0.0578. The lowest BCUT2D eigenvalue weighted by Gasteiger charge is -2.39. The maximum absolute atomic E-state index is 14.2. The molecule has 19 heavy (non-hydrogen) atoms. The second-order valence-electron chi connectivity index (χ2n) is 5.20. The molecule has 0 saturated heterocycles. The van der Waals surface area contributed by atoms with E-state index in [2.05, 4.69) is 0 Å². The number of hydrogen-bond acceptors (Lipinski definition) is 2. The number of hydrogen-bond donors (Lipinski definition) is 1. The number of aliphatic hydroxyl groups is 1. The van der Waals surface area contributed by atoms with Gasteiger partial charge in [0, 0.05) is 24.8 Å². The highest BCUT2D eigenvalue weighted by molar-refractivity contribution is 5.20. The molecule has 1 aromatic carbocycles. The molecule has 1 aliphatic rings. The average molecular weight is 269 g/mol. The summed E-state index contributed by atoms with van der Waals surface area (Å²) in [5.41, 5.74) is 0.0725. The van der Waals surface area contributed by atoms with Gasteiger partial charge >= 0.3 is 0 Å². The van der Waals surface area contributed by atoms with E-state index in [0.29, 0.717) is 13.0 Å². The summed E-state index contributed by atoms with van der Waals surface area (Å²) in [5, 5.41) is 8.89. The molecule has 0 aromatic heterocycles. The lowest BCUT2D eigenvalue weighted by atomic mass is 9.90. The van der Waals surface area contributed by atoms with Crippen molar-refractivity contribution in [2.75, 3.05) is 19.7 Å². The Morgan fingerprint density at radius 1 is 1.21 bits per heavy atom. The largest absolute Gasteiger partial charge is 0.396 e. The zero-order valence-corrected chi connectivity index (χ0v) is 11.1. The number of rotatable bonds is 7. The van der Waals surface area contributed by atoms with Crippen LogP contribution in [0, 0.1) is 0 Å². The highest BCUT2D eigenvalue weighted by atomic mass is 19.3. The Morgan fingerprint density at radius 2 is 1.89 bits per heavy atom. The number of aliphatic hydroxyl groups excluding tert-OH is 1. The van der Waals surface area contributed by atoms with Crippen molar-refractivity contribution >= 4 is 0 Å². The zero-order valence-electron chi connectivity index (χ0n) is 11.1. The van der Waals surface area contributed by atoms with E-state index in [1.165, 1.54) is 12.1 Å². The molecule has 0 bridgehead atoms. The first-order chi connectivity index (χ1) is 9.13. The van der Waals surface area contributed by atoms with Crippen LogP contribution < -0.4 is 0 Å². The molecule has 106 valence electrons. The predicted octanol–water partition coefficient (Wildman–Crippen LogP) is 3.02. The normalized spacial score (nSPS) is 16.6. The smallest absolute Gasteiger partial charge is 0.285 e. The van der Waals surface area contributed by atoms with Crippen LogP contribution in [0.15, 0.2) is 30.3 Å². The number of halogens is 2. The fourth-order valence-electron chi connectivity index (χ4n) is 2.44. The maximum Gasteiger partial charge on any atom is 0.285 e. The van der Waals surface area contributed by atoms with Gasteiger partial charge in [-0.2, -0.15) is 8.78 Å². The van der Waals surface area contributed by atoms with Gasteiger partial charge in [-0.1, -0.05) is 36.8 Å². The Labute approximate surface area is 113 Å². The fraction of sp³-hybridized carbons (Fsp3) is 0.600. The summed E-state index contributed by atoms with van der Waals surface area (Å²) in [6, 6.07) is 8.25. The van der Waals surface area contributed by atoms with Crippen molar-refractivity contribution in [3.63, 3.8) is 0 Å². The SMILES string of the molecule is OCCCN(CC(F)(F)c1ccccc1)C1CCC1. The third-order valence-corrected chi connectivity index (χ3v) is 3.79. The third kappa shape index (κ3) is 3.74. The topological polar surface area (TPSA) is 23.5 Å². The van der Waals surface area contributed by atoms with Gasteiger partial charge in [0.15, 0.2) is 0 Å². The van der Waals surface area contributed by atoms with Crippen molar-refractivity contribution in [2.24, 2.45) is 0 Å². The van der Waals surface area contributed by atoms with Gasteiger partial charge < -0.3 is 5.11 Å². The highest BCUT2D eigenvalue weighted by Crippen LogP contribution is 2.33. The molecule has 2 nitrogen and oxygen atoms in total. The number of alkyl halides is 2. The van der Waals surface area contributed by atoms with Gasteiger partial charge in [-0.05, 0) is 19.3 Å². The molecule has 1 N–H and O–H groups in total. The summed E-state index contributed by atoms with van der Waals surface area (Å²) in [5.74, 6) is -2.83. The molecule has 4 heteroatoms. The van der Waals surface area contributed by atoms with Crippen LogP contribution in [-0.4, -0.2) is 35.7 Å². The summed E-state index contributed by atoms with van der Waals surface area (Å²) >= 11 is 0. The van der Waals surface area contributed by atoms with Crippen molar-refractivity contribution < 1.29 is 13.9 Å². The molecule has 0 spiro atoms. The van der Waals surface area contributed by atoms with Gasteiger partial charge in [0.05, 0.1) is 6.54 Å². The molecule has 1 saturated carbocycles. The quantitative estimate of drug-likeness (QED) is 0.822. The van der Waals surface area contributed by atoms with Crippen LogP contribution in [0.4, 0.5) is 8.78 Å². The van der Waals surface area contributed by atoms with Crippen molar-refractivity contribution in [1.29, 1.82) is 0 Å². The van der Waals surface area contributed by atoms with E-state index in [-0.39, 0.29) is 24.8 Å². The van der Waals surface area contributed by atoms with Gasteiger partial charge in [0.2, 0.25) is 0 Å². The Kier molecular flexibility index (Phi) is 4.88. The van der Waals surface area contributed by atoms with E-state index in [1.807, 2.05) is 4.90 Å². The van der Waals surface area contributed by atoms with E-state index >= 15 is 0 Å². The summed E-state index contributed by atoms with van der Waals surface area (Å²) < 4.78 is 28.5. The van der Waals surface area contributed by atoms with Crippen LogP contribution in [0.25, 0.3) is 0 Å². The molecule has 0 radical (unpaired) electrons. The van der Waals surface area contributed by atoms with Crippen molar-refractivity contribution in [1.82, 2.24) is 4.90 Å². The molecular formula is C15H21F2NO. The fourth-order valence-corrected chi connectivity index (χ4v) is 2.44. The van der Waals surface area contributed by atoms with Gasteiger partial charge in [0.1, 0.15) is 0 Å². The van der Waals surface area contributed by atoms with Crippen molar-refractivity contribution in [3.8, 4) is 0 Å². The van der Waals surface area contributed by atoms with E-state index in [4.69, 9.17) is 5.11 Å². The Bertz CT molecular complexity index is 379. The number of benzene rings is 1. The first kappa shape index (κ1) is 14.4. The van der Waals surface area contributed by atoms with Crippen LogP contribution >= 0.6 is 0 Å². The van der Waals surface area contributed by atoms with Crippen LogP contribution in [0.2, 0.25) is 0 Å². The molecular weight excluding hydrogens is 248 g/mol. The monoisotopic (exact) mass is 269 g/mol. The van der Waals surface area contributed by atoms with Crippen molar-refractivity contribution in [2.45, 2.75) is 37.6 Å². The minimum atomic E-state index is -2.83. The zero-order chi connectivity index (χ0) is 13.7. The Balaban J connectivity index is 2.02. The van der Waals surface area contributed by atoms with E-state index in [0.717, 1.165) is 19.3 Å². The highest BCUT2D eigenvalue weighted by Gasteiger charge is 2.37. The summed E-state index contributed by atoms with van der Waals surface area (Å²) in [6.45, 7) is 0.353. The van der Waals surface area contributed by atoms with Crippen molar-refractivity contribution in [3.05, 3.63) is 35.9 Å². The van der Waals surface area contributed by atoms with E-state index in [9.17, 15) is 8.78 Å². The van der Waals surface area contributed by atoms with Gasteiger partial charge in [-0.3, -0.25) is 4.90 Å². The molecule has 0 amide bonds.